The van der Waals surface area contributed by atoms with Crippen LogP contribution in [0.2, 0.25) is 10.0 Å². The Morgan fingerprint density at radius 3 is 2.51 bits per heavy atom. The smallest absolute Gasteiger partial charge is 0.253 e. The Balaban J connectivity index is 1.28. The SMILES string of the molecule is CS(=O)(=O)/N=C(\N)N1CCC(CC(=O)N2CCC(C3c4ncc(Br)cc4CCc4cc(Cl)cc(Cl)c43)CC2)C1. The molecule has 2 unspecified atom stereocenters. The molecule has 8 nitrogen and oxygen atoms in total. The predicted molar refractivity (Wildman–Crippen MR) is 158 cm³/mol. The van der Waals surface area contributed by atoms with Gasteiger partial charge in [0.15, 0.2) is 0 Å². The average Bonchev–Trinajstić information content (AvgIpc) is 3.26. The molecule has 2 aliphatic heterocycles. The normalized spacial score (nSPS) is 22.4. The van der Waals surface area contributed by atoms with E-state index < -0.39 is 10.0 Å². The van der Waals surface area contributed by atoms with Gasteiger partial charge in [-0.2, -0.15) is 0 Å². The van der Waals surface area contributed by atoms with Crippen LogP contribution in [0.4, 0.5) is 0 Å². The zero-order chi connectivity index (χ0) is 27.9. The van der Waals surface area contributed by atoms with Crippen LogP contribution in [0.3, 0.4) is 0 Å². The number of fused-ring (bicyclic) bond motifs is 2. The van der Waals surface area contributed by atoms with Gasteiger partial charge in [0.25, 0.3) is 10.0 Å². The van der Waals surface area contributed by atoms with Gasteiger partial charge in [-0.25, -0.2) is 8.42 Å². The van der Waals surface area contributed by atoms with Gasteiger partial charge in [-0.15, -0.1) is 4.40 Å². The molecule has 12 heteroatoms. The first-order valence-electron chi connectivity index (χ1n) is 13.2. The highest BCUT2D eigenvalue weighted by Gasteiger charge is 2.37. The number of nitrogens with two attached hydrogens (primary N) is 1. The third-order valence-electron chi connectivity index (χ3n) is 8.11. The molecule has 3 aliphatic rings. The number of rotatable bonds is 4. The maximum absolute atomic E-state index is 13.2. The minimum absolute atomic E-state index is 0.00202. The number of carbonyl (C=O) groups excluding carboxylic acids is 1. The molecule has 0 spiro atoms. The summed E-state index contributed by atoms with van der Waals surface area (Å²) in [5.74, 6) is 0.597. The maximum Gasteiger partial charge on any atom is 0.253 e. The van der Waals surface area contributed by atoms with Crippen molar-refractivity contribution >= 4 is 61.0 Å². The molecule has 3 heterocycles. The van der Waals surface area contributed by atoms with Crippen LogP contribution in [0.25, 0.3) is 0 Å². The van der Waals surface area contributed by atoms with Crippen molar-refractivity contribution in [3.63, 3.8) is 0 Å². The molecule has 210 valence electrons. The third kappa shape index (κ3) is 6.55. The van der Waals surface area contributed by atoms with Gasteiger partial charge in [0.2, 0.25) is 11.9 Å². The molecule has 2 atom stereocenters. The summed E-state index contributed by atoms with van der Waals surface area (Å²) in [6.45, 7) is 2.49. The zero-order valence-corrected chi connectivity index (χ0v) is 25.7. The summed E-state index contributed by atoms with van der Waals surface area (Å²) in [5, 5.41) is 1.33. The number of benzene rings is 1. The summed E-state index contributed by atoms with van der Waals surface area (Å²) in [5.41, 5.74) is 10.5. The van der Waals surface area contributed by atoms with Gasteiger partial charge in [0, 0.05) is 59.2 Å². The number of hydrogen-bond acceptors (Lipinski definition) is 4. The number of piperidine rings is 1. The fourth-order valence-corrected chi connectivity index (χ4v) is 7.81. The van der Waals surface area contributed by atoms with Gasteiger partial charge in [0.05, 0.1) is 11.9 Å². The Bertz CT molecular complexity index is 1410. The number of likely N-dealkylation sites (tertiary alicyclic amines) is 2. The minimum atomic E-state index is -3.56. The third-order valence-corrected chi connectivity index (χ3v) is 9.60. The van der Waals surface area contributed by atoms with Crippen molar-refractivity contribution in [1.82, 2.24) is 14.8 Å². The lowest BCUT2D eigenvalue weighted by Gasteiger charge is -2.37. The van der Waals surface area contributed by atoms with Crippen molar-refractivity contribution in [3.8, 4) is 0 Å². The number of hydrogen-bond donors (Lipinski definition) is 1. The molecule has 39 heavy (non-hydrogen) atoms. The van der Waals surface area contributed by atoms with Crippen LogP contribution in [0.15, 0.2) is 33.3 Å². The first-order chi connectivity index (χ1) is 18.5. The summed E-state index contributed by atoms with van der Waals surface area (Å²) in [6.07, 6.45) is 7.52. The topological polar surface area (TPSA) is 109 Å². The van der Waals surface area contributed by atoms with Crippen LogP contribution in [0.5, 0.6) is 0 Å². The number of nitrogens with zero attached hydrogens (tertiary/aromatic N) is 4. The van der Waals surface area contributed by atoms with Gasteiger partial charge in [-0.05, 0) is 94.8 Å². The molecular weight excluding hydrogens is 625 g/mol. The van der Waals surface area contributed by atoms with Crippen LogP contribution in [-0.2, 0) is 27.7 Å². The molecule has 1 amide bonds. The molecule has 5 rings (SSSR count). The van der Waals surface area contributed by atoms with Gasteiger partial charge in [0.1, 0.15) is 0 Å². The van der Waals surface area contributed by atoms with Crippen molar-refractivity contribution < 1.29 is 13.2 Å². The first kappa shape index (κ1) is 28.6. The van der Waals surface area contributed by atoms with Gasteiger partial charge in [-0.1, -0.05) is 23.2 Å². The summed E-state index contributed by atoms with van der Waals surface area (Å²) < 4.78 is 27.4. The highest BCUT2D eigenvalue weighted by Crippen LogP contribution is 2.46. The monoisotopic (exact) mass is 655 g/mol. The Labute approximate surface area is 248 Å². The summed E-state index contributed by atoms with van der Waals surface area (Å²) in [6, 6.07) is 6.02. The number of halogens is 3. The number of pyridine rings is 1. The first-order valence-corrected chi connectivity index (χ1v) is 16.6. The molecule has 1 aromatic carbocycles. The molecule has 2 N–H and O–H groups in total. The largest absolute Gasteiger partial charge is 0.369 e. The summed E-state index contributed by atoms with van der Waals surface area (Å²) >= 11 is 16.8. The van der Waals surface area contributed by atoms with E-state index in [4.69, 9.17) is 33.9 Å². The van der Waals surface area contributed by atoms with E-state index in [1.54, 1.807) is 4.90 Å². The van der Waals surface area contributed by atoms with Crippen molar-refractivity contribution in [2.75, 3.05) is 32.4 Å². The Kier molecular flexibility index (Phi) is 8.48. The van der Waals surface area contributed by atoms with E-state index in [0.717, 1.165) is 54.1 Å². The quantitative estimate of drug-likeness (QED) is 0.381. The van der Waals surface area contributed by atoms with E-state index in [1.165, 1.54) is 11.1 Å². The highest BCUT2D eigenvalue weighted by atomic mass is 79.9. The lowest BCUT2D eigenvalue weighted by molar-refractivity contribution is -0.133. The zero-order valence-electron chi connectivity index (χ0n) is 21.7. The molecule has 0 bridgehead atoms. The molecule has 2 saturated heterocycles. The van der Waals surface area contributed by atoms with Crippen LogP contribution >= 0.6 is 39.1 Å². The Hall–Kier alpha value is -1.88. The number of aryl methyl sites for hydroxylation is 2. The molecule has 0 saturated carbocycles. The molecular formula is C27H32BrCl2N5O3S. The second-order valence-corrected chi connectivity index (χ2v) is 14.2. The summed E-state index contributed by atoms with van der Waals surface area (Å²) in [4.78, 5) is 21.8. The average molecular weight is 657 g/mol. The standard InChI is InChI=1S/C27H32BrCl2N5O3S/c1-39(37,38)33-27(31)35-7-4-16(15-35)10-23(36)34-8-5-17(6-9-34)25-24-18(12-21(29)13-22(24)30)2-3-19-11-20(28)14-32-26(19)25/h11-14,16-17,25H,2-10,15H2,1H3,(H2,31,33). The molecule has 2 fully saturated rings. The number of guanidine groups is 1. The predicted octanol–water partition coefficient (Wildman–Crippen LogP) is 4.61. The maximum atomic E-state index is 13.2. The highest BCUT2D eigenvalue weighted by molar-refractivity contribution is 9.10. The molecule has 1 aliphatic carbocycles. The Morgan fingerprint density at radius 2 is 1.79 bits per heavy atom. The molecule has 0 radical (unpaired) electrons. The second-order valence-electron chi connectivity index (χ2n) is 10.8. The lowest BCUT2D eigenvalue weighted by Crippen LogP contribution is -2.41. The van der Waals surface area contributed by atoms with Crippen LogP contribution < -0.4 is 5.73 Å². The van der Waals surface area contributed by atoms with E-state index in [1.807, 2.05) is 23.2 Å². The molecule has 1 aromatic heterocycles. The fraction of sp³-hybridized carbons (Fsp3) is 0.519. The van der Waals surface area contributed by atoms with Gasteiger partial charge in [-0.3, -0.25) is 9.78 Å². The van der Waals surface area contributed by atoms with Crippen molar-refractivity contribution in [1.29, 1.82) is 0 Å². The number of amides is 1. The van der Waals surface area contributed by atoms with Crippen LogP contribution in [0.1, 0.15) is 54.0 Å². The van der Waals surface area contributed by atoms with E-state index in [-0.39, 0.29) is 23.7 Å². The second kappa shape index (κ2) is 11.5. The van der Waals surface area contributed by atoms with E-state index in [0.29, 0.717) is 48.6 Å². The minimum Gasteiger partial charge on any atom is -0.369 e. The van der Waals surface area contributed by atoms with Crippen LogP contribution in [0, 0.1) is 11.8 Å². The van der Waals surface area contributed by atoms with Crippen LogP contribution in [-0.4, -0.2) is 67.5 Å². The lowest BCUT2D eigenvalue weighted by atomic mass is 9.76. The molecule has 2 aromatic rings. The Morgan fingerprint density at radius 1 is 1.10 bits per heavy atom. The van der Waals surface area contributed by atoms with Gasteiger partial charge < -0.3 is 15.5 Å². The summed E-state index contributed by atoms with van der Waals surface area (Å²) in [7, 11) is -3.56. The van der Waals surface area contributed by atoms with Gasteiger partial charge >= 0.3 is 0 Å². The number of aromatic nitrogens is 1. The van der Waals surface area contributed by atoms with E-state index in [9.17, 15) is 13.2 Å². The van der Waals surface area contributed by atoms with Crippen molar-refractivity contribution in [3.05, 3.63) is 61.3 Å². The van der Waals surface area contributed by atoms with E-state index in [2.05, 4.69) is 26.4 Å². The number of sulfonamides is 1. The number of carbonyl (C=O) groups is 1. The fourth-order valence-electron chi connectivity index (χ4n) is 6.32. The van der Waals surface area contributed by atoms with Crippen molar-refractivity contribution in [2.24, 2.45) is 22.0 Å². The van der Waals surface area contributed by atoms with E-state index >= 15 is 0 Å². The van der Waals surface area contributed by atoms with Crippen molar-refractivity contribution in [2.45, 2.75) is 44.4 Å².